The smallest absolute Gasteiger partial charge is 0.261 e. The Labute approximate surface area is 154 Å². The van der Waals surface area contributed by atoms with Crippen molar-refractivity contribution >= 4 is 35.6 Å². The molecule has 136 valence electrons. The number of carbonyl (C=O) groups is 2. The molecular formula is C17H28ClN3O2S. The summed E-state index contributed by atoms with van der Waals surface area (Å²) in [5, 5.41) is 11.0. The second-order valence-electron chi connectivity index (χ2n) is 5.98. The van der Waals surface area contributed by atoms with Gasteiger partial charge in [0.1, 0.15) is 0 Å². The van der Waals surface area contributed by atoms with Gasteiger partial charge in [0.25, 0.3) is 5.91 Å². The molecule has 1 aliphatic carbocycles. The van der Waals surface area contributed by atoms with Gasteiger partial charge in [-0.3, -0.25) is 9.59 Å². The zero-order valence-corrected chi connectivity index (χ0v) is 15.6. The van der Waals surface area contributed by atoms with E-state index in [1.165, 1.54) is 49.9 Å². The Morgan fingerprint density at radius 1 is 1.04 bits per heavy atom. The number of nitrogens with one attached hydrogen (secondary N) is 3. The zero-order chi connectivity index (χ0) is 16.3. The Balaban J connectivity index is 0.00000288. The molecule has 24 heavy (non-hydrogen) atoms. The highest BCUT2D eigenvalue weighted by atomic mass is 35.5. The van der Waals surface area contributed by atoms with E-state index in [9.17, 15) is 9.59 Å². The molecule has 5 nitrogen and oxygen atoms in total. The highest BCUT2D eigenvalue weighted by molar-refractivity contribution is 7.12. The molecule has 2 rings (SSSR count). The molecule has 1 aromatic heterocycles. The first-order chi connectivity index (χ1) is 11.3. The van der Waals surface area contributed by atoms with Gasteiger partial charge in [-0.1, -0.05) is 31.7 Å². The van der Waals surface area contributed by atoms with Crippen molar-refractivity contribution in [3.63, 3.8) is 0 Å². The molecule has 0 unspecified atom stereocenters. The van der Waals surface area contributed by atoms with Crippen LogP contribution in [0.15, 0.2) is 17.5 Å². The molecule has 1 heterocycles. The fraction of sp³-hybridized carbons (Fsp3) is 0.647. The van der Waals surface area contributed by atoms with Crippen LogP contribution in [0.1, 0.15) is 54.6 Å². The fourth-order valence-electron chi connectivity index (χ4n) is 2.83. The predicted octanol–water partition coefficient (Wildman–Crippen LogP) is 2.72. The fourth-order valence-corrected chi connectivity index (χ4v) is 3.47. The molecule has 0 atom stereocenters. The molecule has 0 spiro atoms. The van der Waals surface area contributed by atoms with Gasteiger partial charge in [-0.15, -0.1) is 23.7 Å². The number of amides is 2. The normalized spacial score (nSPS) is 15.2. The SMILES string of the molecule is Cl.O=C(CCNC(=O)c1cccs1)NCCNC1CCCCCC1. The van der Waals surface area contributed by atoms with Crippen molar-refractivity contribution < 1.29 is 9.59 Å². The highest BCUT2D eigenvalue weighted by Crippen LogP contribution is 2.16. The van der Waals surface area contributed by atoms with Crippen molar-refractivity contribution in [3.8, 4) is 0 Å². The number of halogens is 1. The topological polar surface area (TPSA) is 70.2 Å². The summed E-state index contributed by atoms with van der Waals surface area (Å²) in [6, 6.07) is 4.23. The van der Waals surface area contributed by atoms with Gasteiger partial charge in [0, 0.05) is 32.1 Å². The third kappa shape index (κ3) is 8.13. The van der Waals surface area contributed by atoms with Crippen LogP contribution in [0.2, 0.25) is 0 Å². The van der Waals surface area contributed by atoms with E-state index in [1.807, 2.05) is 11.4 Å². The third-order valence-electron chi connectivity index (χ3n) is 4.12. The summed E-state index contributed by atoms with van der Waals surface area (Å²) in [6.07, 6.45) is 8.16. The van der Waals surface area contributed by atoms with Crippen molar-refractivity contribution in [2.75, 3.05) is 19.6 Å². The van der Waals surface area contributed by atoms with E-state index in [2.05, 4.69) is 16.0 Å². The van der Waals surface area contributed by atoms with Gasteiger partial charge in [0.2, 0.25) is 5.91 Å². The quantitative estimate of drug-likeness (QED) is 0.484. The van der Waals surface area contributed by atoms with Crippen molar-refractivity contribution in [2.24, 2.45) is 0 Å². The van der Waals surface area contributed by atoms with Crippen LogP contribution >= 0.6 is 23.7 Å². The summed E-state index contributed by atoms with van der Waals surface area (Å²) >= 11 is 1.40. The molecule has 2 amide bonds. The van der Waals surface area contributed by atoms with Gasteiger partial charge in [-0.05, 0) is 24.3 Å². The molecule has 1 saturated carbocycles. The van der Waals surface area contributed by atoms with E-state index in [1.54, 1.807) is 6.07 Å². The van der Waals surface area contributed by atoms with Gasteiger partial charge in [-0.25, -0.2) is 0 Å². The molecular weight excluding hydrogens is 346 g/mol. The average molecular weight is 374 g/mol. The third-order valence-corrected chi connectivity index (χ3v) is 4.99. The lowest BCUT2D eigenvalue weighted by atomic mass is 10.1. The summed E-state index contributed by atoms with van der Waals surface area (Å²) in [5.41, 5.74) is 0. The number of rotatable bonds is 8. The average Bonchev–Trinajstić information content (AvgIpc) is 2.96. The Kier molecular flexibility index (Phi) is 10.7. The summed E-state index contributed by atoms with van der Waals surface area (Å²) in [6.45, 7) is 1.84. The van der Waals surface area contributed by atoms with Crippen LogP contribution in [0.25, 0.3) is 0 Å². The van der Waals surface area contributed by atoms with Crippen LogP contribution in [0.3, 0.4) is 0 Å². The lowest BCUT2D eigenvalue weighted by Crippen LogP contribution is -2.37. The van der Waals surface area contributed by atoms with E-state index in [0.29, 0.717) is 30.4 Å². The van der Waals surface area contributed by atoms with E-state index in [0.717, 1.165) is 6.54 Å². The first-order valence-electron chi connectivity index (χ1n) is 8.57. The lowest BCUT2D eigenvalue weighted by molar-refractivity contribution is -0.120. The molecule has 0 saturated heterocycles. The van der Waals surface area contributed by atoms with E-state index >= 15 is 0 Å². The number of thiophene rings is 1. The molecule has 7 heteroatoms. The molecule has 1 aromatic rings. The van der Waals surface area contributed by atoms with Crippen LogP contribution in [-0.4, -0.2) is 37.5 Å². The minimum absolute atomic E-state index is 0. The number of hydrogen-bond donors (Lipinski definition) is 3. The number of hydrogen-bond acceptors (Lipinski definition) is 4. The minimum atomic E-state index is -0.108. The number of carbonyl (C=O) groups excluding carboxylic acids is 2. The first-order valence-corrected chi connectivity index (χ1v) is 9.45. The van der Waals surface area contributed by atoms with Crippen LogP contribution in [-0.2, 0) is 4.79 Å². The molecule has 0 radical (unpaired) electrons. The van der Waals surface area contributed by atoms with Crippen molar-refractivity contribution in [3.05, 3.63) is 22.4 Å². The maximum Gasteiger partial charge on any atom is 0.261 e. The van der Waals surface area contributed by atoms with Gasteiger partial charge in [0.05, 0.1) is 4.88 Å². The Bertz CT molecular complexity index is 474. The Morgan fingerprint density at radius 2 is 1.79 bits per heavy atom. The highest BCUT2D eigenvalue weighted by Gasteiger charge is 2.11. The maximum atomic E-state index is 11.7. The second-order valence-corrected chi connectivity index (χ2v) is 6.92. The van der Waals surface area contributed by atoms with Crippen molar-refractivity contribution in [1.29, 1.82) is 0 Å². The van der Waals surface area contributed by atoms with Crippen LogP contribution < -0.4 is 16.0 Å². The molecule has 3 N–H and O–H groups in total. The Morgan fingerprint density at radius 3 is 2.46 bits per heavy atom. The van der Waals surface area contributed by atoms with Gasteiger partial charge in [-0.2, -0.15) is 0 Å². The van der Waals surface area contributed by atoms with E-state index in [4.69, 9.17) is 0 Å². The van der Waals surface area contributed by atoms with Crippen LogP contribution in [0.5, 0.6) is 0 Å². The zero-order valence-electron chi connectivity index (χ0n) is 14.0. The molecule has 1 aliphatic rings. The summed E-state index contributed by atoms with van der Waals surface area (Å²) in [5.74, 6) is -0.123. The van der Waals surface area contributed by atoms with Gasteiger partial charge >= 0.3 is 0 Å². The van der Waals surface area contributed by atoms with Gasteiger partial charge < -0.3 is 16.0 Å². The molecule has 1 fully saturated rings. The first kappa shape index (κ1) is 20.9. The standard InChI is InChI=1S/C17H27N3O2S.ClH/c21-16(9-10-20-17(22)15-8-5-13-23-15)19-12-11-18-14-6-3-1-2-4-7-14;/h5,8,13-14,18H,1-4,6-7,9-12H2,(H,19,21)(H,20,22);1H. The van der Waals surface area contributed by atoms with E-state index < -0.39 is 0 Å². The predicted molar refractivity (Wildman–Crippen MR) is 101 cm³/mol. The van der Waals surface area contributed by atoms with Crippen molar-refractivity contribution in [2.45, 2.75) is 51.0 Å². The lowest BCUT2D eigenvalue weighted by Gasteiger charge is -2.16. The largest absolute Gasteiger partial charge is 0.355 e. The Hall–Kier alpha value is -1.11. The van der Waals surface area contributed by atoms with Crippen LogP contribution in [0.4, 0.5) is 0 Å². The maximum absolute atomic E-state index is 11.7. The summed E-state index contributed by atoms with van der Waals surface area (Å²) in [7, 11) is 0. The summed E-state index contributed by atoms with van der Waals surface area (Å²) in [4.78, 5) is 24.1. The molecule has 0 aromatic carbocycles. The molecule has 0 aliphatic heterocycles. The molecule has 0 bridgehead atoms. The van der Waals surface area contributed by atoms with Crippen LogP contribution in [0, 0.1) is 0 Å². The van der Waals surface area contributed by atoms with Gasteiger partial charge in [0.15, 0.2) is 0 Å². The summed E-state index contributed by atoms with van der Waals surface area (Å²) < 4.78 is 0. The van der Waals surface area contributed by atoms with Crippen molar-refractivity contribution in [1.82, 2.24) is 16.0 Å². The van der Waals surface area contributed by atoms with E-state index in [-0.39, 0.29) is 24.2 Å². The monoisotopic (exact) mass is 373 g/mol. The second kappa shape index (κ2) is 12.3. The minimum Gasteiger partial charge on any atom is -0.355 e.